The van der Waals surface area contributed by atoms with Crippen molar-refractivity contribution in [2.45, 2.75) is 24.4 Å². The number of nitrogens with zero attached hydrogens (tertiary/aromatic N) is 4. The monoisotopic (exact) mass is 337 g/mol. The Hall–Kier alpha value is -2.81. The molecule has 3 rings (SSSR count). The third-order valence-corrected chi connectivity index (χ3v) is 3.66. The molecule has 1 amide bonds. The SMILES string of the molecule is C#C[C@]1(CO)O[C@@H](n2cnc3c(OC(N)=O)nc(F)nc32)C[C@@H]1O. The smallest absolute Gasteiger partial charge is 0.392 e. The minimum absolute atomic E-state index is 0.00779. The molecular formula is C13H12FN5O5. The molecule has 0 spiro atoms. The number of carbonyl (C=O) groups excluding carboxylic acids is 1. The molecule has 3 heterocycles. The number of terminal acetylenes is 1. The van der Waals surface area contributed by atoms with Crippen molar-refractivity contribution in [1.82, 2.24) is 19.5 Å². The number of aliphatic hydroxyl groups excluding tert-OH is 2. The highest BCUT2D eigenvalue weighted by Crippen LogP contribution is 2.38. The van der Waals surface area contributed by atoms with Gasteiger partial charge in [-0.3, -0.25) is 4.57 Å². The molecule has 1 saturated heterocycles. The molecule has 2 aromatic rings. The van der Waals surface area contributed by atoms with Crippen LogP contribution in [0.1, 0.15) is 12.6 Å². The maximum absolute atomic E-state index is 13.6. The number of hydrogen-bond donors (Lipinski definition) is 3. The second kappa shape index (κ2) is 5.68. The van der Waals surface area contributed by atoms with E-state index in [1.165, 1.54) is 10.9 Å². The molecule has 4 N–H and O–H groups in total. The molecule has 0 bridgehead atoms. The van der Waals surface area contributed by atoms with E-state index in [0.29, 0.717) is 0 Å². The van der Waals surface area contributed by atoms with Crippen LogP contribution in [0, 0.1) is 18.4 Å². The van der Waals surface area contributed by atoms with Gasteiger partial charge in [-0.1, -0.05) is 5.92 Å². The molecule has 2 aromatic heterocycles. The quantitative estimate of drug-likeness (QED) is 0.481. The second-order valence-electron chi connectivity index (χ2n) is 5.06. The second-order valence-corrected chi connectivity index (χ2v) is 5.06. The molecule has 1 fully saturated rings. The van der Waals surface area contributed by atoms with Crippen LogP contribution in [0.25, 0.3) is 11.2 Å². The van der Waals surface area contributed by atoms with Crippen molar-refractivity contribution in [3.63, 3.8) is 0 Å². The summed E-state index contributed by atoms with van der Waals surface area (Å²) in [6, 6.07) is 0. The number of aromatic nitrogens is 4. The summed E-state index contributed by atoms with van der Waals surface area (Å²) in [4.78, 5) is 21.7. The van der Waals surface area contributed by atoms with E-state index < -0.39 is 42.6 Å². The van der Waals surface area contributed by atoms with Gasteiger partial charge >= 0.3 is 12.2 Å². The van der Waals surface area contributed by atoms with Crippen LogP contribution in [0.4, 0.5) is 9.18 Å². The highest BCUT2D eigenvalue weighted by atomic mass is 19.1. The summed E-state index contributed by atoms with van der Waals surface area (Å²) < 4.78 is 25.0. The van der Waals surface area contributed by atoms with E-state index in [-0.39, 0.29) is 17.6 Å². The van der Waals surface area contributed by atoms with E-state index >= 15 is 0 Å². The van der Waals surface area contributed by atoms with Crippen LogP contribution in [0.15, 0.2) is 6.33 Å². The standard InChI is InChI=1S/C13H12FN5O5/c1-2-13(4-20)6(21)3-7(24-13)19-5-16-8-9(19)17-11(14)18-10(8)23-12(15)22/h1,5-7,20-21H,3-4H2,(H2,15,22)/t6-,7+,13+/m0/s1. The Kier molecular flexibility index (Phi) is 3.80. The van der Waals surface area contributed by atoms with Crippen molar-refractivity contribution in [2.24, 2.45) is 5.73 Å². The normalized spacial score (nSPS) is 26.4. The topological polar surface area (TPSA) is 146 Å². The van der Waals surface area contributed by atoms with Crippen molar-refractivity contribution in [3.8, 4) is 18.2 Å². The molecule has 0 aromatic carbocycles. The van der Waals surface area contributed by atoms with Gasteiger partial charge in [0.05, 0.1) is 12.9 Å². The summed E-state index contributed by atoms with van der Waals surface area (Å²) in [5.41, 5.74) is 3.23. The first-order chi connectivity index (χ1) is 11.4. The van der Waals surface area contributed by atoms with Crippen molar-refractivity contribution in [3.05, 3.63) is 12.4 Å². The molecule has 10 nitrogen and oxygen atoms in total. The molecular weight excluding hydrogens is 325 g/mol. The number of nitrogens with two attached hydrogens (primary N) is 1. The lowest BCUT2D eigenvalue weighted by atomic mass is 9.99. The van der Waals surface area contributed by atoms with Crippen molar-refractivity contribution in [1.29, 1.82) is 0 Å². The molecule has 1 aliphatic rings. The van der Waals surface area contributed by atoms with Gasteiger partial charge in [-0.05, 0) is 0 Å². The van der Waals surface area contributed by atoms with Gasteiger partial charge in [0.1, 0.15) is 12.3 Å². The van der Waals surface area contributed by atoms with Crippen LogP contribution in [-0.2, 0) is 4.74 Å². The van der Waals surface area contributed by atoms with Crippen LogP contribution < -0.4 is 10.5 Å². The molecule has 0 radical (unpaired) electrons. The summed E-state index contributed by atoms with van der Waals surface area (Å²) in [6.45, 7) is -0.604. The Labute approximate surface area is 134 Å². The van der Waals surface area contributed by atoms with Crippen LogP contribution in [-0.4, -0.2) is 54.1 Å². The zero-order chi connectivity index (χ0) is 17.5. The molecule has 1 aliphatic heterocycles. The fourth-order valence-electron chi connectivity index (χ4n) is 2.48. The maximum Gasteiger partial charge on any atom is 0.411 e. The predicted molar refractivity (Wildman–Crippen MR) is 74.9 cm³/mol. The molecule has 3 atom stereocenters. The third-order valence-electron chi connectivity index (χ3n) is 3.66. The third kappa shape index (κ3) is 2.42. The van der Waals surface area contributed by atoms with Crippen molar-refractivity contribution >= 4 is 17.3 Å². The van der Waals surface area contributed by atoms with E-state index in [0.717, 1.165) is 0 Å². The van der Waals surface area contributed by atoms with Crippen LogP contribution in [0.5, 0.6) is 5.88 Å². The average Bonchev–Trinajstić information content (AvgIpc) is 3.08. The zero-order valence-corrected chi connectivity index (χ0v) is 12.1. The van der Waals surface area contributed by atoms with Gasteiger partial charge in [-0.2, -0.15) is 14.4 Å². The minimum Gasteiger partial charge on any atom is -0.392 e. The lowest BCUT2D eigenvalue weighted by Gasteiger charge is -2.23. The van der Waals surface area contributed by atoms with Crippen LogP contribution in [0.2, 0.25) is 0 Å². The molecule has 11 heteroatoms. The Morgan fingerprint density at radius 3 is 3.00 bits per heavy atom. The number of ether oxygens (including phenoxy) is 2. The maximum atomic E-state index is 13.6. The van der Waals surface area contributed by atoms with Crippen molar-refractivity contribution < 1.29 is 28.9 Å². The van der Waals surface area contributed by atoms with Gasteiger partial charge in [0.25, 0.3) is 5.88 Å². The fourth-order valence-corrected chi connectivity index (χ4v) is 2.48. The fraction of sp³-hybridized carbons (Fsp3) is 0.385. The number of hydrogen-bond acceptors (Lipinski definition) is 8. The molecule has 0 aliphatic carbocycles. The number of aliphatic hydroxyl groups is 2. The highest BCUT2D eigenvalue weighted by Gasteiger charge is 2.47. The van der Waals surface area contributed by atoms with Crippen LogP contribution >= 0.6 is 0 Å². The Balaban J connectivity index is 2.05. The van der Waals surface area contributed by atoms with Gasteiger partial charge in [0, 0.05) is 6.42 Å². The summed E-state index contributed by atoms with van der Waals surface area (Å²) in [5.74, 6) is 1.77. The summed E-state index contributed by atoms with van der Waals surface area (Å²) in [5, 5.41) is 19.4. The van der Waals surface area contributed by atoms with Gasteiger partial charge in [-0.25, -0.2) is 9.78 Å². The number of imidazole rings is 1. The van der Waals surface area contributed by atoms with Crippen LogP contribution in [0.3, 0.4) is 0 Å². The Morgan fingerprint density at radius 1 is 1.67 bits per heavy atom. The highest BCUT2D eigenvalue weighted by molar-refractivity contribution is 5.79. The largest absolute Gasteiger partial charge is 0.411 e. The first-order valence-corrected chi connectivity index (χ1v) is 6.72. The summed E-state index contributed by atoms with van der Waals surface area (Å²) >= 11 is 0. The van der Waals surface area contributed by atoms with Gasteiger partial charge in [0.2, 0.25) is 0 Å². The summed E-state index contributed by atoms with van der Waals surface area (Å²) in [7, 11) is 0. The number of halogens is 1. The Morgan fingerprint density at radius 2 is 2.42 bits per heavy atom. The van der Waals surface area contributed by atoms with Gasteiger partial charge in [-0.15, -0.1) is 6.42 Å². The van der Waals surface area contributed by atoms with Gasteiger partial charge in [0.15, 0.2) is 16.8 Å². The first-order valence-electron chi connectivity index (χ1n) is 6.72. The van der Waals surface area contributed by atoms with E-state index in [2.05, 4.69) is 25.6 Å². The first kappa shape index (κ1) is 16.1. The average molecular weight is 337 g/mol. The van der Waals surface area contributed by atoms with E-state index in [1.54, 1.807) is 0 Å². The molecule has 24 heavy (non-hydrogen) atoms. The van der Waals surface area contributed by atoms with E-state index in [4.69, 9.17) is 16.9 Å². The molecule has 0 saturated carbocycles. The zero-order valence-electron chi connectivity index (χ0n) is 12.1. The number of carbonyl (C=O) groups is 1. The van der Waals surface area contributed by atoms with E-state index in [1.807, 2.05) is 0 Å². The van der Waals surface area contributed by atoms with E-state index in [9.17, 15) is 19.4 Å². The number of fused-ring (bicyclic) bond motifs is 1. The Bertz CT molecular complexity index is 849. The van der Waals surface area contributed by atoms with Crippen molar-refractivity contribution in [2.75, 3.05) is 6.61 Å². The summed E-state index contributed by atoms with van der Waals surface area (Å²) in [6.07, 6.45) is 2.17. The number of rotatable bonds is 3. The predicted octanol–water partition coefficient (Wildman–Crippen LogP) is -0.933. The van der Waals surface area contributed by atoms with Gasteiger partial charge < -0.3 is 25.4 Å². The lowest BCUT2D eigenvalue weighted by Crippen LogP contribution is -2.41. The minimum atomic E-state index is -1.58. The molecule has 126 valence electrons. The molecule has 0 unspecified atom stereocenters. The number of primary amides is 1. The number of amides is 1. The lowest BCUT2D eigenvalue weighted by molar-refractivity contribution is -0.0891.